The third-order valence-electron chi connectivity index (χ3n) is 10.9. The fourth-order valence-electron chi connectivity index (χ4n) is 8.21. The number of aliphatic carboxylic acids is 1. The number of nitrogens with zero attached hydrogens (tertiary/aromatic N) is 4. The number of carboxylic acids is 1. The standard InChI is InChI=1S/C40H41Cl2N7O3S/c1-2-30-22(19-43-20-24-10-14-34(50)45-24)9-13-31(46-30)29-7-3-5-27(36(29)41)28-6-4-8-32(37(28)42)47-39-38-33(15-16-44-39)53-35(48-38)21-49-25-11-12-26(49)18-23(17-25)40(51)52/h3-9,13,15-16,23-26,43H,2,10-12,14,17-21H2,1H3,(H,44,47)(H,45,50)(H,51,52)/t23?,24-,25?,26?/m0/s1. The minimum absolute atomic E-state index is 0.121. The summed E-state index contributed by atoms with van der Waals surface area (Å²) in [5.74, 6) is -0.180. The minimum atomic E-state index is -0.674. The number of aryl methyl sites for hydroxylation is 1. The summed E-state index contributed by atoms with van der Waals surface area (Å²) in [6.07, 6.45) is 7.50. The number of benzene rings is 2. The van der Waals surface area contributed by atoms with E-state index in [1.165, 1.54) is 0 Å². The quantitative estimate of drug-likeness (QED) is 0.0991. The van der Waals surface area contributed by atoms with Crippen LogP contribution in [0.3, 0.4) is 0 Å². The number of carbonyl (C=O) groups is 2. The number of anilines is 2. The molecular formula is C40H41Cl2N7O3S. The van der Waals surface area contributed by atoms with Crippen LogP contribution in [-0.2, 0) is 29.1 Å². The fourth-order valence-corrected chi connectivity index (χ4v) is 9.78. The molecule has 2 bridgehead atoms. The number of hydrogen-bond donors (Lipinski definition) is 4. The average molecular weight is 771 g/mol. The summed E-state index contributed by atoms with van der Waals surface area (Å²) < 4.78 is 1.02. The van der Waals surface area contributed by atoms with Crippen molar-refractivity contribution >= 4 is 68.1 Å². The van der Waals surface area contributed by atoms with Gasteiger partial charge < -0.3 is 21.1 Å². The van der Waals surface area contributed by atoms with Crippen LogP contribution in [0.25, 0.3) is 32.6 Å². The van der Waals surface area contributed by atoms with Gasteiger partial charge in [0.1, 0.15) is 10.5 Å². The van der Waals surface area contributed by atoms with Gasteiger partial charge in [-0.05, 0) is 62.3 Å². The molecule has 3 atom stereocenters. The van der Waals surface area contributed by atoms with E-state index in [1.807, 2.05) is 48.5 Å². The van der Waals surface area contributed by atoms with Gasteiger partial charge in [0.25, 0.3) is 0 Å². The Balaban J connectivity index is 1.01. The van der Waals surface area contributed by atoms with Crippen LogP contribution in [0.2, 0.25) is 10.0 Å². The maximum Gasteiger partial charge on any atom is 0.306 e. The molecule has 0 aliphatic carbocycles. The predicted molar refractivity (Wildman–Crippen MR) is 211 cm³/mol. The molecule has 2 unspecified atom stereocenters. The van der Waals surface area contributed by atoms with Crippen LogP contribution in [0, 0.1) is 5.92 Å². The number of carbonyl (C=O) groups excluding carboxylic acids is 1. The molecule has 3 saturated heterocycles. The molecule has 3 fully saturated rings. The van der Waals surface area contributed by atoms with Crippen molar-refractivity contribution in [2.24, 2.45) is 5.92 Å². The van der Waals surface area contributed by atoms with E-state index < -0.39 is 5.97 Å². The van der Waals surface area contributed by atoms with Crippen LogP contribution < -0.4 is 16.0 Å². The third kappa shape index (κ3) is 7.37. The normalized spacial score (nSPS) is 21.3. The van der Waals surface area contributed by atoms with Gasteiger partial charge in [0.05, 0.1) is 38.6 Å². The van der Waals surface area contributed by atoms with Crippen LogP contribution in [0.5, 0.6) is 0 Å². The molecule has 53 heavy (non-hydrogen) atoms. The number of aromatic nitrogens is 3. The van der Waals surface area contributed by atoms with Gasteiger partial charge >= 0.3 is 5.97 Å². The first kappa shape index (κ1) is 35.9. The number of nitrogens with one attached hydrogen (secondary N) is 3. The lowest BCUT2D eigenvalue weighted by molar-refractivity contribution is -0.144. The topological polar surface area (TPSA) is 132 Å². The minimum Gasteiger partial charge on any atom is -0.481 e. The van der Waals surface area contributed by atoms with Crippen molar-refractivity contribution in [3.63, 3.8) is 0 Å². The van der Waals surface area contributed by atoms with E-state index in [0.717, 1.165) is 81.1 Å². The van der Waals surface area contributed by atoms with Crippen molar-refractivity contribution in [2.45, 2.75) is 83.1 Å². The Morgan fingerprint density at radius 3 is 2.47 bits per heavy atom. The molecular weight excluding hydrogens is 729 g/mol. The van der Waals surface area contributed by atoms with Crippen LogP contribution in [-0.4, -0.2) is 61.5 Å². The highest BCUT2D eigenvalue weighted by Crippen LogP contribution is 2.43. The van der Waals surface area contributed by atoms with Gasteiger partial charge in [-0.3, -0.25) is 19.5 Å². The first-order valence-electron chi connectivity index (χ1n) is 18.3. The smallest absolute Gasteiger partial charge is 0.306 e. The highest BCUT2D eigenvalue weighted by Gasteiger charge is 2.43. The van der Waals surface area contributed by atoms with Crippen LogP contribution in [0.4, 0.5) is 11.5 Å². The second kappa shape index (κ2) is 15.3. The van der Waals surface area contributed by atoms with E-state index in [9.17, 15) is 14.7 Å². The van der Waals surface area contributed by atoms with Crippen molar-refractivity contribution in [3.8, 4) is 22.4 Å². The van der Waals surface area contributed by atoms with E-state index in [1.54, 1.807) is 17.5 Å². The molecule has 0 radical (unpaired) electrons. The number of halogens is 2. The van der Waals surface area contributed by atoms with E-state index >= 15 is 0 Å². The number of amides is 1. The monoisotopic (exact) mass is 769 g/mol. The summed E-state index contributed by atoms with van der Waals surface area (Å²) in [7, 11) is 0. The second-order valence-corrected chi connectivity index (χ2v) is 16.1. The average Bonchev–Trinajstić information content (AvgIpc) is 3.83. The number of rotatable bonds is 12. The second-order valence-electron chi connectivity index (χ2n) is 14.2. The molecule has 4 N–H and O–H groups in total. The predicted octanol–water partition coefficient (Wildman–Crippen LogP) is 8.23. The Labute approximate surface area is 322 Å². The summed E-state index contributed by atoms with van der Waals surface area (Å²) in [4.78, 5) is 40.4. The molecule has 3 aliphatic rings. The number of piperidine rings is 1. The summed E-state index contributed by atoms with van der Waals surface area (Å²) >= 11 is 15.9. The lowest BCUT2D eigenvalue weighted by Gasteiger charge is -2.36. The SMILES string of the molecule is CCc1nc(-c2cccc(-c3cccc(Nc4nccc5sc(CN6C7CCC6CC(C(=O)O)C7)nc45)c3Cl)c2Cl)ccc1CNC[C@@H]1CCC(=O)N1. The maximum absolute atomic E-state index is 11.7. The summed E-state index contributed by atoms with van der Waals surface area (Å²) in [5.41, 5.74) is 6.79. The Hall–Kier alpha value is -4.13. The molecule has 13 heteroatoms. The number of pyridine rings is 2. The Bertz CT molecular complexity index is 2180. The molecule has 3 aliphatic heterocycles. The molecule has 1 amide bonds. The zero-order valence-corrected chi connectivity index (χ0v) is 31.7. The van der Waals surface area contributed by atoms with Crippen molar-refractivity contribution < 1.29 is 14.7 Å². The lowest BCUT2D eigenvalue weighted by atomic mass is 9.91. The van der Waals surface area contributed by atoms with E-state index in [4.69, 9.17) is 33.2 Å². The van der Waals surface area contributed by atoms with Crippen LogP contribution >= 0.6 is 34.5 Å². The van der Waals surface area contributed by atoms with Crippen molar-refractivity contribution in [1.82, 2.24) is 30.5 Å². The number of fused-ring (bicyclic) bond motifs is 3. The van der Waals surface area contributed by atoms with Gasteiger partial charge in [0.2, 0.25) is 5.91 Å². The Kier molecular flexibility index (Phi) is 10.4. The third-order valence-corrected chi connectivity index (χ3v) is 12.7. The maximum atomic E-state index is 11.7. The molecule has 5 aromatic rings. The number of thiazole rings is 1. The van der Waals surface area contributed by atoms with Gasteiger partial charge in [-0.2, -0.15) is 0 Å². The molecule has 3 aromatic heterocycles. The zero-order chi connectivity index (χ0) is 36.6. The first-order chi connectivity index (χ1) is 25.7. The molecule has 0 saturated carbocycles. The summed E-state index contributed by atoms with van der Waals surface area (Å²) in [6, 6.07) is 18.6. The molecule has 8 rings (SSSR count). The highest BCUT2D eigenvalue weighted by molar-refractivity contribution is 7.18. The van der Waals surface area contributed by atoms with Gasteiger partial charge in [-0.25, -0.2) is 9.97 Å². The van der Waals surface area contributed by atoms with E-state index in [-0.39, 0.29) is 30.0 Å². The molecule has 10 nitrogen and oxygen atoms in total. The number of carboxylic acid groups (broad SMARTS) is 1. The largest absolute Gasteiger partial charge is 0.481 e. The molecule has 6 heterocycles. The van der Waals surface area contributed by atoms with Crippen molar-refractivity contribution in [1.29, 1.82) is 0 Å². The Morgan fingerprint density at radius 1 is 0.981 bits per heavy atom. The van der Waals surface area contributed by atoms with Crippen molar-refractivity contribution in [3.05, 3.63) is 87.1 Å². The first-order valence-corrected chi connectivity index (χ1v) is 19.9. The fraction of sp³-hybridized carbons (Fsp3) is 0.375. The number of hydrogen-bond acceptors (Lipinski definition) is 9. The lowest BCUT2D eigenvalue weighted by Crippen LogP contribution is -2.44. The highest BCUT2D eigenvalue weighted by atomic mass is 35.5. The van der Waals surface area contributed by atoms with Crippen molar-refractivity contribution in [2.75, 3.05) is 11.9 Å². The Morgan fingerprint density at radius 2 is 1.74 bits per heavy atom. The van der Waals surface area contributed by atoms with Gasteiger partial charge in [0.15, 0.2) is 5.82 Å². The van der Waals surface area contributed by atoms with Crippen LogP contribution in [0.1, 0.15) is 61.7 Å². The molecule has 2 aromatic carbocycles. The van der Waals surface area contributed by atoms with Gasteiger partial charge in [-0.1, -0.05) is 66.5 Å². The zero-order valence-electron chi connectivity index (χ0n) is 29.4. The molecule has 274 valence electrons. The van der Waals surface area contributed by atoms with E-state index in [0.29, 0.717) is 53.9 Å². The van der Waals surface area contributed by atoms with Gasteiger partial charge in [0, 0.05) is 66.2 Å². The van der Waals surface area contributed by atoms with E-state index in [2.05, 4.69) is 38.8 Å². The van der Waals surface area contributed by atoms with Crippen LogP contribution in [0.15, 0.2) is 60.8 Å². The van der Waals surface area contributed by atoms with Gasteiger partial charge in [-0.15, -0.1) is 11.3 Å². The summed E-state index contributed by atoms with van der Waals surface area (Å²) in [5, 5.41) is 21.6. The molecule has 0 spiro atoms. The summed E-state index contributed by atoms with van der Waals surface area (Å²) in [6.45, 7) is 4.21.